The van der Waals surface area contributed by atoms with Crippen molar-refractivity contribution in [2.75, 3.05) is 5.32 Å². The van der Waals surface area contributed by atoms with Gasteiger partial charge < -0.3 is 10.3 Å². The van der Waals surface area contributed by atoms with Crippen LogP contribution >= 0.6 is 0 Å². The van der Waals surface area contributed by atoms with Crippen LogP contribution in [0.2, 0.25) is 0 Å². The van der Waals surface area contributed by atoms with Crippen molar-refractivity contribution in [3.8, 4) is 0 Å². The first-order chi connectivity index (χ1) is 11.0. The number of nitrogens with zero attached hydrogens (tertiary/aromatic N) is 2. The Hall–Kier alpha value is -2.57. The van der Waals surface area contributed by atoms with Gasteiger partial charge in [0.05, 0.1) is 17.0 Å². The highest BCUT2D eigenvalue weighted by molar-refractivity contribution is 5.91. The zero-order valence-electron chi connectivity index (χ0n) is 12.0. The van der Waals surface area contributed by atoms with Crippen LogP contribution in [0.3, 0.4) is 0 Å². The summed E-state index contributed by atoms with van der Waals surface area (Å²) in [5.41, 5.74) is 1.77. The van der Waals surface area contributed by atoms with Crippen molar-refractivity contribution in [1.29, 1.82) is 0 Å². The molecule has 0 radical (unpaired) electrons. The van der Waals surface area contributed by atoms with Gasteiger partial charge in [0.25, 0.3) is 0 Å². The summed E-state index contributed by atoms with van der Waals surface area (Å²) in [6.45, 7) is 0. The Labute approximate surface area is 129 Å². The average molecular weight is 318 g/mol. The Morgan fingerprint density at radius 1 is 1.17 bits per heavy atom. The molecule has 0 fully saturated rings. The van der Waals surface area contributed by atoms with Crippen LogP contribution in [0.25, 0.3) is 11.0 Å². The van der Waals surface area contributed by atoms with Crippen molar-refractivity contribution in [3.63, 3.8) is 0 Å². The third-order valence-corrected chi connectivity index (χ3v) is 4.22. The quantitative estimate of drug-likeness (QED) is 0.749. The topological polar surface area (TPSA) is 53.6 Å². The average Bonchev–Trinajstić information content (AvgIpc) is 3.12. The maximum atomic E-state index is 13.2. The van der Waals surface area contributed by atoms with Gasteiger partial charge in [-0.2, -0.15) is 13.2 Å². The van der Waals surface area contributed by atoms with Gasteiger partial charge in [0.1, 0.15) is 17.8 Å². The predicted molar refractivity (Wildman–Crippen MR) is 80.0 cm³/mol. The van der Waals surface area contributed by atoms with Crippen LogP contribution in [0.5, 0.6) is 0 Å². The molecule has 3 aromatic rings. The van der Waals surface area contributed by atoms with Crippen LogP contribution in [0, 0.1) is 0 Å². The second-order valence-corrected chi connectivity index (χ2v) is 5.58. The molecule has 0 unspecified atom stereocenters. The monoisotopic (exact) mass is 318 g/mol. The highest BCUT2D eigenvalue weighted by Gasteiger charge is 2.35. The van der Waals surface area contributed by atoms with E-state index in [-0.39, 0.29) is 22.9 Å². The lowest BCUT2D eigenvalue weighted by Gasteiger charge is -2.16. The normalized spacial score (nSPS) is 17.4. The summed E-state index contributed by atoms with van der Waals surface area (Å²) in [6.07, 6.45) is -0.514. The van der Waals surface area contributed by atoms with E-state index in [1.165, 1.54) is 11.9 Å². The fourth-order valence-electron chi connectivity index (χ4n) is 3.17. The molecule has 118 valence electrons. The highest BCUT2D eigenvalue weighted by atomic mass is 19.4. The number of nitrogens with one attached hydrogen (secondary N) is 2. The second-order valence-electron chi connectivity index (χ2n) is 5.58. The number of aryl methyl sites for hydroxylation is 1. The van der Waals surface area contributed by atoms with Gasteiger partial charge in [0, 0.05) is 6.20 Å². The van der Waals surface area contributed by atoms with Gasteiger partial charge >= 0.3 is 6.18 Å². The van der Waals surface area contributed by atoms with Crippen molar-refractivity contribution in [2.45, 2.75) is 25.1 Å². The van der Waals surface area contributed by atoms with E-state index >= 15 is 0 Å². The highest BCUT2D eigenvalue weighted by Crippen LogP contribution is 2.39. The predicted octanol–water partition coefficient (Wildman–Crippen LogP) is 4.08. The van der Waals surface area contributed by atoms with Crippen molar-refractivity contribution >= 4 is 16.9 Å². The fourth-order valence-corrected chi connectivity index (χ4v) is 3.17. The standard InChI is InChI=1S/C16H13F3N4/c17-16(18,19)11-7-20-14-13(11)15(22-8-21-14)23-12-6-5-9-3-1-2-4-10(9)12/h1-4,7-8,12H,5-6H2,(H2,20,21,22,23)/t12-/m1/s1. The van der Waals surface area contributed by atoms with Gasteiger partial charge in [-0.05, 0) is 24.0 Å². The van der Waals surface area contributed by atoms with Gasteiger partial charge in [-0.3, -0.25) is 0 Å². The zero-order valence-corrected chi connectivity index (χ0v) is 12.0. The SMILES string of the molecule is FC(F)(F)c1c[nH]c2ncnc(N[C@@H]3CCc4ccccc43)c12. The third kappa shape index (κ3) is 2.32. The van der Waals surface area contributed by atoms with Crippen LogP contribution < -0.4 is 5.32 Å². The fraction of sp³-hybridized carbons (Fsp3) is 0.250. The maximum Gasteiger partial charge on any atom is 0.418 e. The number of rotatable bonds is 2. The maximum absolute atomic E-state index is 13.2. The largest absolute Gasteiger partial charge is 0.418 e. The summed E-state index contributed by atoms with van der Waals surface area (Å²) in [5.74, 6) is 0.213. The Morgan fingerprint density at radius 2 is 2.00 bits per heavy atom. The lowest BCUT2D eigenvalue weighted by atomic mass is 10.1. The number of aromatic nitrogens is 3. The van der Waals surface area contributed by atoms with Crippen molar-refractivity contribution in [3.05, 3.63) is 53.5 Å². The van der Waals surface area contributed by atoms with Crippen LogP contribution in [0.15, 0.2) is 36.8 Å². The molecular formula is C16H13F3N4. The number of aromatic amines is 1. The number of hydrogen-bond donors (Lipinski definition) is 2. The lowest BCUT2D eigenvalue weighted by molar-refractivity contribution is -0.136. The van der Waals surface area contributed by atoms with Crippen LogP contribution in [-0.4, -0.2) is 15.0 Å². The number of halogens is 3. The van der Waals surface area contributed by atoms with E-state index in [1.807, 2.05) is 24.3 Å². The zero-order chi connectivity index (χ0) is 16.0. The number of benzene rings is 1. The number of alkyl halides is 3. The van der Waals surface area contributed by atoms with Crippen LogP contribution in [0.4, 0.5) is 19.0 Å². The molecule has 4 nitrogen and oxygen atoms in total. The third-order valence-electron chi connectivity index (χ3n) is 4.22. The van der Waals surface area contributed by atoms with Crippen LogP contribution in [0.1, 0.15) is 29.2 Å². The molecule has 4 rings (SSSR count). The van der Waals surface area contributed by atoms with Crippen molar-refractivity contribution in [2.24, 2.45) is 0 Å². The molecule has 1 aliphatic rings. The van der Waals surface area contributed by atoms with Gasteiger partial charge in [0.15, 0.2) is 0 Å². The van der Waals surface area contributed by atoms with Crippen LogP contribution in [-0.2, 0) is 12.6 Å². The van der Waals surface area contributed by atoms with Crippen molar-refractivity contribution in [1.82, 2.24) is 15.0 Å². The molecule has 0 saturated carbocycles. The van der Waals surface area contributed by atoms with E-state index in [0.717, 1.165) is 24.6 Å². The minimum atomic E-state index is -4.45. The Morgan fingerprint density at radius 3 is 2.83 bits per heavy atom. The van der Waals surface area contributed by atoms with E-state index in [0.29, 0.717) is 0 Å². The molecule has 7 heteroatoms. The minimum Gasteiger partial charge on any atom is -0.363 e. The molecule has 1 aliphatic carbocycles. The van der Waals surface area contributed by atoms with E-state index in [9.17, 15) is 13.2 Å². The Kier molecular flexibility index (Phi) is 3.04. The molecule has 23 heavy (non-hydrogen) atoms. The smallest absolute Gasteiger partial charge is 0.363 e. The summed E-state index contributed by atoms with van der Waals surface area (Å²) >= 11 is 0. The summed E-state index contributed by atoms with van der Waals surface area (Å²) in [7, 11) is 0. The molecule has 0 aliphatic heterocycles. The van der Waals surface area contributed by atoms with Gasteiger partial charge in [0.2, 0.25) is 0 Å². The van der Waals surface area contributed by atoms with E-state index in [4.69, 9.17) is 0 Å². The molecule has 1 atom stereocenters. The summed E-state index contributed by atoms with van der Waals surface area (Å²) in [5, 5.41) is 3.16. The lowest BCUT2D eigenvalue weighted by Crippen LogP contribution is -2.11. The Balaban J connectivity index is 1.77. The van der Waals surface area contributed by atoms with Gasteiger partial charge in [-0.1, -0.05) is 24.3 Å². The van der Waals surface area contributed by atoms with E-state index in [2.05, 4.69) is 20.3 Å². The van der Waals surface area contributed by atoms with E-state index < -0.39 is 11.7 Å². The molecule has 2 heterocycles. The van der Waals surface area contributed by atoms with Gasteiger partial charge in [-0.15, -0.1) is 0 Å². The molecule has 0 spiro atoms. The minimum absolute atomic E-state index is 0.00983. The first-order valence-corrected chi connectivity index (χ1v) is 7.27. The summed E-state index contributed by atoms with van der Waals surface area (Å²) < 4.78 is 39.5. The number of hydrogen-bond acceptors (Lipinski definition) is 3. The number of H-pyrrole nitrogens is 1. The number of anilines is 1. The molecule has 1 aromatic carbocycles. The molecule has 0 amide bonds. The molecular weight excluding hydrogens is 305 g/mol. The summed E-state index contributed by atoms with van der Waals surface area (Å²) in [4.78, 5) is 10.5. The molecule has 2 N–H and O–H groups in total. The first-order valence-electron chi connectivity index (χ1n) is 7.27. The van der Waals surface area contributed by atoms with E-state index in [1.54, 1.807) is 0 Å². The second kappa shape index (κ2) is 4.97. The molecule has 2 aromatic heterocycles. The molecule has 0 bridgehead atoms. The molecule has 0 saturated heterocycles. The number of fused-ring (bicyclic) bond motifs is 2. The first kappa shape index (κ1) is 14.0. The Bertz CT molecular complexity index is 869. The summed E-state index contributed by atoms with van der Waals surface area (Å²) in [6, 6.07) is 7.91. The van der Waals surface area contributed by atoms with Gasteiger partial charge in [-0.25, -0.2) is 9.97 Å². The van der Waals surface area contributed by atoms with Crippen molar-refractivity contribution < 1.29 is 13.2 Å².